The molecule has 9 rings (SSSR count). The Bertz CT molecular complexity index is 2760. The van der Waals surface area contributed by atoms with E-state index >= 15 is 0 Å². The fourth-order valence-electron chi connectivity index (χ4n) is 8.34. The predicted molar refractivity (Wildman–Crippen MR) is 248 cm³/mol. The topological polar surface area (TPSA) is 88.2 Å². The molecule has 7 aromatic rings. The number of aryl methyl sites for hydroxylation is 1. The van der Waals surface area contributed by atoms with Gasteiger partial charge in [-0.25, -0.2) is 0 Å². The number of nitrogens with two attached hydrogens (primary N) is 2. The van der Waals surface area contributed by atoms with Gasteiger partial charge in [-0.2, -0.15) is 0 Å². The quantitative estimate of drug-likeness (QED) is 0.112. The number of nitrogens with zero attached hydrogens (tertiary/aromatic N) is 1. The summed E-state index contributed by atoms with van der Waals surface area (Å²) in [6, 6.07) is 46.2. The summed E-state index contributed by atoms with van der Waals surface area (Å²) in [7, 11) is 0. The molecule has 0 saturated carbocycles. The van der Waals surface area contributed by atoms with Crippen molar-refractivity contribution in [2.45, 2.75) is 39.7 Å². The highest BCUT2D eigenvalue weighted by Crippen LogP contribution is 2.64. The lowest BCUT2D eigenvalue weighted by Gasteiger charge is -2.31. The predicted octanol–water partition coefficient (Wildman–Crippen LogP) is 12.9. The van der Waals surface area contributed by atoms with Crippen LogP contribution >= 0.6 is 11.3 Å². The van der Waals surface area contributed by atoms with Crippen molar-refractivity contribution < 1.29 is 0 Å². The molecule has 57 heavy (non-hydrogen) atoms. The summed E-state index contributed by atoms with van der Waals surface area (Å²) >= 11 is 1.92. The minimum atomic E-state index is -0.394. The van der Waals surface area contributed by atoms with Crippen LogP contribution in [0.5, 0.6) is 0 Å². The molecule has 6 aromatic carbocycles. The first-order valence-electron chi connectivity index (χ1n) is 19.5. The summed E-state index contributed by atoms with van der Waals surface area (Å²) < 4.78 is 2.71. The third kappa shape index (κ3) is 6.64. The van der Waals surface area contributed by atoms with Gasteiger partial charge in [0, 0.05) is 61.7 Å². The average Bonchev–Trinajstić information content (AvgIpc) is 3.88. The molecular formula is C52H48N4S. The van der Waals surface area contributed by atoms with Crippen LogP contribution in [0.4, 0.5) is 0 Å². The van der Waals surface area contributed by atoms with Crippen LogP contribution in [0.15, 0.2) is 175 Å². The lowest BCUT2D eigenvalue weighted by atomic mass is 9.70. The van der Waals surface area contributed by atoms with Gasteiger partial charge in [0.05, 0.1) is 12.0 Å². The van der Waals surface area contributed by atoms with Gasteiger partial charge in [0.1, 0.15) is 0 Å². The van der Waals surface area contributed by atoms with Gasteiger partial charge in [0.2, 0.25) is 0 Å². The molecule has 1 heterocycles. The first-order chi connectivity index (χ1) is 27.9. The van der Waals surface area contributed by atoms with Crippen molar-refractivity contribution in [3.63, 3.8) is 0 Å². The molecule has 0 bridgehead atoms. The molecule has 5 N–H and O–H groups in total. The average molecular weight is 761 g/mol. The number of nitrogens with one attached hydrogen (secondary N) is 1. The van der Waals surface area contributed by atoms with Crippen molar-refractivity contribution in [3.8, 4) is 22.3 Å². The smallest absolute Gasteiger partial charge is 0.0726 e. The first kappa shape index (κ1) is 38.7. The molecule has 1 atom stereocenters. The van der Waals surface area contributed by atoms with E-state index in [-0.39, 0.29) is 0 Å². The van der Waals surface area contributed by atoms with Crippen molar-refractivity contribution in [1.82, 2.24) is 0 Å². The largest absolute Gasteiger partial charge is 0.404 e. The zero-order chi connectivity index (χ0) is 40.1. The zero-order valence-electron chi connectivity index (χ0n) is 33.0. The van der Waals surface area contributed by atoms with Crippen LogP contribution in [0.1, 0.15) is 59.7 Å². The Kier molecular flexibility index (Phi) is 11.3. The molecule has 2 aliphatic carbocycles. The Morgan fingerprint density at radius 1 is 0.737 bits per heavy atom. The monoisotopic (exact) mass is 760 g/mol. The molecule has 0 radical (unpaired) electrons. The molecular weight excluding hydrogens is 713 g/mol. The van der Waals surface area contributed by atoms with E-state index in [1.54, 1.807) is 6.20 Å². The van der Waals surface area contributed by atoms with E-state index in [1.165, 1.54) is 88.2 Å². The fraction of sp³-hybridized carbons (Fsp3) is 0.115. The van der Waals surface area contributed by atoms with E-state index in [0.29, 0.717) is 6.54 Å². The van der Waals surface area contributed by atoms with E-state index in [0.717, 1.165) is 22.3 Å². The summed E-state index contributed by atoms with van der Waals surface area (Å²) in [4.78, 5) is 4.81. The summed E-state index contributed by atoms with van der Waals surface area (Å²) in [5.74, 6) is 0. The van der Waals surface area contributed by atoms with Gasteiger partial charge >= 0.3 is 0 Å². The second-order valence-electron chi connectivity index (χ2n) is 13.9. The van der Waals surface area contributed by atoms with Crippen LogP contribution in [0.25, 0.3) is 48.0 Å². The lowest BCUT2D eigenvalue weighted by Crippen LogP contribution is -2.26. The van der Waals surface area contributed by atoms with Crippen LogP contribution in [0.3, 0.4) is 0 Å². The van der Waals surface area contributed by atoms with E-state index in [2.05, 4.69) is 111 Å². The van der Waals surface area contributed by atoms with Gasteiger partial charge in [-0.3, -0.25) is 4.99 Å². The summed E-state index contributed by atoms with van der Waals surface area (Å²) in [6.07, 6.45) is 10.00. The Morgan fingerprint density at radius 2 is 1.44 bits per heavy atom. The minimum absolute atomic E-state index is 0.394. The first-order valence-corrected chi connectivity index (χ1v) is 20.3. The van der Waals surface area contributed by atoms with Crippen LogP contribution < -0.4 is 11.5 Å². The van der Waals surface area contributed by atoms with Gasteiger partial charge in [-0.15, -0.1) is 11.3 Å². The second kappa shape index (κ2) is 16.7. The number of thiophene rings is 1. The van der Waals surface area contributed by atoms with Crippen LogP contribution in [-0.2, 0) is 12.0 Å². The normalized spacial score (nSPS) is 15.2. The fourth-order valence-corrected chi connectivity index (χ4v) is 9.61. The molecule has 0 aliphatic heterocycles. The number of benzene rings is 6. The second-order valence-corrected chi connectivity index (χ2v) is 15.0. The maximum absolute atomic E-state index is 7.02. The molecule has 2 aliphatic rings. The van der Waals surface area contributed by atoms with Crippen LogP contribution in [0.2, 0.25) is 0 Å². The van der Waals surface area contributed by atoms with E-state index < -0.39 is 5.41 Å². The van der Waals surface area contributed by atoms with Crippen molar-refractivity contribution >= 4 is 49.5 Å². The summed E-state index contributed by atoms with van der Waals surface area (Å²) in [5.41, 5.74) is 27.4. The molecule has 1 unspecified atom stereocenters. The highest BCUT2D eigenvalue weighted by molar-refractivity contribution is 7.26. The molecule has 1 aromatic heterocycles. The molecule has 282 valence electrons. The Morgan fingerprint density at radius 3 is 2.18 bits per heavy atom. The van der Waals surface area contributed by atoms with Gasteiger partial charge in [-0.1, -0.05) is 159 Å². The molecule has 0 amide bonds. The van der Waals surface area contributed by atoms with Crippen molar-refractivity contribution in [1.29, 1.82) is 5.41 Å². The maximum atomic E-state index is 7.02. The van der Waals surface area contributed by atoms with Gasteiger partial charge in [-0.05, 0) is 75.6 Å². The standard InChI is InChI=1S/C41H32N2S.C9H10N2.C2H6/c1-4-9-26(3)28(22-42)24-43-23-27-15-17-30-29-16-14-25(2)20-36(29)41(37(30)21-27)34-12-7-5-11-33(34)39-35(41)19-18-32-31-10-6-8-13-38(31)44-40(32)39;10-6-9(7-11)8-4-2-1-3-5-8;1-2/h4-22,24H,3,23,42H2,1-2H3;1-7,10H,11H2;1-2H3/b9-4-,28-22+,43-24?;9-7+,10-6?;. The molecule has 1 spiro atoms. The SMILES string of the molecule is C=C(/C=C\C)/C(C=NCc1ccc2c(c1)C1(c3cc(C)ccc3-2)c2ccccc2-c2c1ccc1c2sc2ccccc21)=C/N.CC.N=C/C(=C\N)c1ccccc1. The molecule has 4 nitrogen and oxygen atoms in total. The van der Waals surface area contributed by atoms with Crippen molar-refractivity contribution in [3.05, 3.63) is 209 Å². The Hall–Kier alpha value is -6.56. The number of fused-ring (bicyclic) bond motifs is 14. The van der Waals surface area contributed by atoms with E-state index in [1.807, 2.05) is 80.8 Å². The maximum Gasteiger partial charge on any atom is 0.0726 e. The number of allylic oxidation sites excluding steroid dienone is 5. The van der Waals surface area contributed by atoms with E-state index in [9.17, 15) is 0 Å². The summed E-state index contributed by atoms with van der Waals surface area (Å²) in [6.45, 7) is 12.9. The highest BCUT2D eigenvalue weighted by atomic mass is 32.1. The molecule has 0 saturated heterocycles. The van der Waals surface area contributed by atoms with Crippen LogP contribution in [0, 0.1) is 12.3 Å². The minimum Gasteiger partial charge on any atom is -0.404 e. The zero-order valence-corrected chi connectivity index (χ0v) is 33.8. The molecule has 5 heteroatoms. The summed E-state index contributed by atoms with van der Waals surface area (Å²) in [5, 5.41) is 9.70. The van der Waals surface area contributed by atoms with Crippen LogP contribution in [-0.4, -0.2) is 12.4 Å². The number of hydrogen-bond donors (Lipinski definition) is 3. The lowest BCUT2D eigenvalue weighted by molar-refractivity contribution is 0.791. The third-order valence-electron chi connectivity index (χ3n) is 10.8. The number of aliphatic imine (C=N–C) groups is 1. The Labute approximate surface area is 340 Å². The van der Waals surface area contributed by atoms with Gasteiger partial charge in [0.25, 0.3) is 0 Å². The van der Waals surface area contributed by atoms with E-state index in [4.69, 9.17) is 21.9 Å². The number of hydrogen-bond acceptors (Lipinski definition) is 5. The third-order valence-corrected chi connectivity index (χ3v) is 12.0. The Balaban J connectivity index is 0.000000329. The van der Waals surface area contributed by atoms with Crippen molar-refractivity contribution in [2.75, 3.05) is 0 Å². The highest BCUT2D eigenvalue weighted by Gasteiger charge is 2.52. The van der Waals surface area contributed by atoms with Crippen molar-refractivity contribution in [2.24, 2.45) is 16.5 Å². The molecule has 0 fully saturated rings. The number of rotatable bonds is 7. The van der Waals surface area contributed by atoms with Gasteiger partial charge < -0.3 is 16.9 Å². The van der Waals surface area contributed by atoms with Gasteiger partial charge in [0.15, 0.2) is 0 Å².